The monoisotopic (exact) mass is 510 g/mol. The number of halogens is 1. The van der Waals surface area contributed by atoms with Gasteiger partial charge >= 0.3 is 0 Å². The van der Waals surface area contributed by atoms with Gasteiger partial charge < -0.3 is 25.4 Å². The number of guanidine groups is 1. The zero-order chi connectivity index (χ0) is 19.8. The van der Waals surface area contributed by atoms with Crippen LogP contribution < -0.4 is 20.3 Å². The third-order valence-electron chi connectivity index (χ3n) is 5.09. The summed E-state index contributed by atoms with van der Waals surface area (Å²) < 4.78 is 5.13. The second-order valence-electron chi connectivity index (χ2n) is 7.01. The van der Waals surface area contributed by atoms with Crippen LogP contribution in [0.25, 0.3) is 0 Å². The van der Waals surface area contributed by atoms with Gasteiger partial charge in [0.25, 0.3) is 0 Å². The third-order valence-corrected chi connectivity index (χ3v) is 5.09. The van der Waals surface area contributed by atoms with E-state index in [0.29, 0.717) is 24.8 Å². The van der Waals surface area contributed by atoms with Gasteiger partial charge in [0, 0.05) is 44.5 Å². The van der Waals surface area contributed by atoms with Gasteiger partial charge in [-0.05, 0) is 43.0 Å². The van der Waals surface area contributed by atoms with Gasteiger partial charge in [0.05, 0.1) is 7.11 Å². The number of aromatic hydroxyl groups is 1. The van der Waals surface area contributed by atoms with Crippen molar-refractivity contribution < 1.29 is 9.84 Å². The van der Waals surface area contributed by atoms with E-state index in [2.05, 4.69) is 50.9 Å². The Kier molecular flexibility index (Phi) is 9.37. The standard InChI is InChI=1S/C22H30N4O2.HI/c1-23-22(24-13-12-17-10-11-20(28-2)15-21(17)27)25-18-7-6-14-26(16-18)19-8-4-3-5-9-19;/h3-5,8-11,15,18,27H,6-7,12-14,16H2,1-2H3,(H2,23,24,25);1H. The number of benzene rings is 2. The molecular formula is C22H31IN4O2. The minimum Gasteiger partial charge on any atom is -0.508 e. The Bertz CT molecular complexity index is 786. The van der Waals surface area contributed by atoms with Crippen molar-refractivity contribution in [3.05, 3.63) is 54.1 Å². The van der Waals surface area contributed by atoms with Crippen LogP contribution >= 0.6 is 24.0 Å². The third kappa shape index (κ3) is 6.69. The quantitative estimate of drug-likeness (QED) is 0.316. The van der Waals surface area contributed by atoms with E-state index in [1.165, 1.54) is 5.69 Å². The maximum absolute atomic E-state index is 10.1. The van der Waals surface area contributed by atoms with Crippen LogP contribution in [0.5, 0.6) is 11.5 Å². The molecule has 0 bridgehead atoms. The van der Waals surface area contributed by atoms with Crippen LogP contribution in [-0.2, 0) is 6.42 Å². The molecule has 0 radical (unpaired) electrons. The minimum atomic E-state index is 0. The number of phenolic OH excluding ortho intramolecular Hbond substituents is 1. The van der Waals surface area contributed by atoms with Gasteiger partial charge in [0.2, 0.25) is 0 Å². The largest absolute Gasteiger partial charge is 0.508 e. The summed E-state index contributed by atoms with van der Waals surface area (Å²) in [5, 5.41) is 17.0. The van der Waals surface area contributed by atoms with Gasteiger partial charge in [0.15, 0.2) is 5.96 Å². The van der Waals surface area contributed by atoms with Crippen molar-refractivity contribution >= 4 is 35.6 Å². The lowest BCUT2D eigenvalue weighted by molar-refractivity contribution is 0.406. The van der Waals surface area contributed by atoms with Crippen molar-refractivity contribution in [2.24, 2.45) is 4.99 Å². The molecule has 0 amide bonds. The fraction of sp³-hybridized carbons (Fsp3) is 0.409. The molecule has 29 heavy (non-hydrogen) atoms. The van der Waals surface area contributed by atoms with Gasteiger partial charge in [-0.2, -0.15) is 0 Å². The molecule has 1 saturated heterocycles. The number of piperidine rings is 1. The molecule has 1 heterocycles. The highest BCUT2D eigenvalue weighted by molar-refractivity contribution is 14.0. The fourth-order valence-corrected chi connectivity index (χ4v) is 3.55. The summed E-state index contributed by atoms with van der Waals surface area (Å²) >= 11 is 0. The predicted molar refractivity (Wildman–Crippen MR) is 130 cm³/mol. The summed E-state index contributed by atoms with van der Waals surface area (Å²) in [5.41, 5.74) is 2.16. The Morgan fingerprint density at radius 3 is 2.72 bits per heavy atom. The highest BCUT2D eigenvalue weighted by Crippen LogP contribution is 2.23. The molecule has 1 aliphatic heterocycles. The maximum Gasteiger partial charge on any atom is 0.191 e. The van der Waals surface area contributed by atoms with Gasteiger partial charge in [-0.1, -0.05) is 24.3 Å². The molecule has 0 spiro atoms. The molecule has 1 atom stereocenters. The molecule has 158 valence electrons. The molecule has 0 aromatic heterocycles. The molecule has 6 nitrogen and oxygen atoms in total. The zero-order valence-corrected chi connectivity index (χ0v) is 19.4. The second-order valence-corrected chi connectivity index (χ2v) is 7.01. The molecule has 1 aliphatic rings. The molecule has 1 unspecified atom stereocenters. The van der Waals surface area contributed by atoms with Crippen LogP contribution in [0.1, 0.15) is 18.4 Å². The first-order chi connectivity index (χ1) is 13.7. The van der Waals surface area contributed by atoms with Crippen molar-refractivity contribution in [2.75, 3.05) is 38.7 Å². The minimum absolute atomic E-state index is 0. The van der Waals surface area contributed by atoms with Crippen molar-refractivity contribution in [2.45, 2.75) is 25.3 Å². The smallest absolute Gasteiger partial charge is 0.191 e. The average Bonchev–Trinajstić information content (AvgIpc) is 2.75. The number of hydrogen-bond acceptors (Lipinski definition) is 4. The van der Waals surface area contributed by atoms with Crippen LogP contribution in [0.4, 0.5) is 5.69 Å². The SMILES string of the molecule is CN=C(NCCc1ccc(OC)cc1O)NC1CCCN(c2ccccc2)C1.I. The van der Waals surface area contributed by atoms with Crippen molar-refractivity contribution in [1.82, 2.24) is 10.6 Å². The summed E-state index contributed by atoms with van der Waals surface area (Å²) in [7, 11) is 3.38. The summed E-state index contributed by atoms with van der Waals surface area (Å²) in [4.78, 5) is 6.77. The van der Waals surface area contributed by atoms with Crippen LogP contribution in [0.2, 0.25) is 0 Å². The first-order valence-electron chi connectivity index (χ1n) is 9.82. The summed E-state index contributed by atoms with van der Waals surface area (Å²) in [6.45, 7) is 2.74. The van der Waals surface area contributed by atoms with Crippen LogP contribution in [-0.4, -0.2) is 50.9 Å². The number of aliphatic imine (C=N–C) groups is 1. The van der Waals surface area contributed by atoms with E-state index in [-0.39, 0.29) is 29.7 Å². The highest BCUT2D eigenvalue weighted by Gasteiger charge is 2.20. The van der Waals surface area contributed by atoms with Crippen molar-refractivity contribution in [1.29, 1.82) is 0 Å². The van der Waals surface area contributed by atoms with Gasteiger partial charge in [-0.25, -0.2) is 0 Å². The molecule has 0 saturated carbocycles. The second kappa shape index (κ2) is 11.7. The number of anilines is 1. The molecule has 2 aromatic carbocycles. The van der Waals surface area contributed by atoms with Crippen molar-refractivity contribution in [3.8, 4) is 11.5 Å². The maximum atomic E-state index is 10.1. The Morgan fingerprint density at radius 2 is 2.03 bits per heavy atom. The van der Waals surface area contributed by atoms with E-state index in [4.69, 9.17) is 4.74 Å². The van der Waals surface area contributed by atoms with Gasteiger partial charge in [-0.15, -0.1) is 24.0 Å². The van der Waals surface area contributed by atoms with Crippen LogP contribution in [0.15, 0.2) is 53.5 Å². The number of nitrogens with one attached hydrogen (secondary N) is 2. The van der Waals surface area contributed by atoms with E-state index in [1.54, 1.807) is 20.2 Å². The molecule has 0 aliphatic carbocycles. The number of para-hydroxylation sites is 1. The van der Waals surface area contributed by atoms with Crippen molar-refractivity contribution in [3.63, 3.8) is 0 Å². The molecule has 2 aromatic rings. The van der Waals surface area contributed by atoms with E-state index in [9.17, 15) is 5.11 Å². The Morgan fingerprint density at radius 1 is 1.24 bits per heavy atom. The van der Waals surface area contributed by atoms with Gasteiger partial charge in [-0.3, -0.25) is 4.99 Å². The lowest BCUT2D eigenvalue weighted by atomic mass is 10.0. The first-order valence-corrected chi connectivity index (χ1v) is 9.82. The lowest BCUT2D eigenvalue weighted by Gasteiger charge is -2.35. The number of nitrogens with zero attached hydrogens (tertiary/aromatic N) is 2. The number of rotatable bonds is 6. The normalized spacial score (nSPS) is 16.7. The lowest BCUT2D eigenvalue weighted by Crippen LogP contribution is -2.51. The topological polar surface area (TPSA) is 69.1 Å². The summed E-state index contributed by atoms with van der Waals surface area (Å²) in [6.07, 6.45) is 2.99. The zero-order valence-electron chi connectivity index (χ0n) is 17.1. The van der Waals surface area contributed by atoms with Gasteiger partial charge in [0.1, 0.15) is 11.5 Å². The molecule has 3 N–H and O–H groups in total. The molecular weight excluding hydrogens is 479 g/mol. The Labute approximate surface area is 190 Å². The van der Waals surface area contributed by atoms with Crippen LogP contribution in [0, 0.1) is 0 Å². The highest BCUT2D eigenvalue weighted by atomic mass is 127. The number of ether oxygens (including phenoxy) is 1. The molecule has 7 heteroatoms. The summed E-state index contributed by atoms with van der Waals surface area (Å²) in [6, 6.07) is 16.3. The molecule has 3 rings (SSSR count). The molecule has 1 fully saturated rings. The number of phenols is 1. The van der Waals surface area contributed by atoms with E-state index in [0.717, 1.165) is 37.5 Å². The fourth-order valence-electron chi connectivity index (χ4n) is 3.55. The number of hydrogen-bond donors (Lipinski definition) is 3. The Hall–Kier alpha value is -2.16. The van der Waals surface area contributed by atoms with Crippen LogP contribution in [0.3, 0.4) is 0 Å². The average molecular weight is 510 g/mol. The van der Waals surface area contributed by atoms with E-state index in [1.807, 2.05) is 12.1 Å². The van der Waals surface area contributed by atoms with E-state index < -0.39 is 0 Å². The first kappa shape index (κ1) is 23.1. The predicted octanol–water partition coefficient (Wildman–Crippen LogP) is 3.40. The Balaban J connectivity index is 0.00000300. The number of methoxy groups -OCH3 is 1. The summed E-state index contributed by atoms with van der Waals surface area (Å²) in [5.74, 6) is 1.72. The van der Waals surface area contributed by atoms with E-state index >= 15 is 0 Å².